The van der Waals surface area contributed by atoms with Crippen molar-refractivity contribution in [2.24, 2.45) is 5.41 Å². The first kappa shape index (κ1) is 15.5. The molecule has 2 heterocycles. The molecular formula is C17H17N3O2S2. The van der Waals surface area contributed by atoms with Gasteiger partial charge < -0.3 is 10.1 Å². The summed E-state index contributed by atoms with van der Waals surface area (Å²) in [5.74, 6) is 0.949. The highest BCUT2D eigenvalue weighted by Crippen LogP contribution is 2.40. The zero-order valence-corrected chi connectivity index (χ0v) is 15.3. The van der Waals surface area contributed by atoms with E-state index in [-0.39, 0.29) is 11.2 Å². The fourth-order valence-corrected chi connectivity index (χ4v) is 4.87. The number of carbonyl (C=O) groups is 1. The van der Waals surface area contributed by atoms with E-state index in [9.17, 15) is 4.79 Å². The number of anilines is 2. The van der Waals surface area contributed by atoms with Crippen molar-refractivity contribution in [3.05, 3.63) is 28.8 Å². The highest BCUT2D eigenvalue weighted by Gasteiger charge is 2.34. The number of carbonyl (C=O) groups excluding carboxylic acids is 1. The Labute approximate surface area is 147 Å². The third-order valence-corrected chi connectivity index (χ3v) is 6.04. The minimum atomic E-state index is -0.0152. The Morgan fingerprint density at radius 2 is 1.96 bits per heavy atom. The lowest BCUT2D eigenvalue weighted by Crippen LogP contribution is -2.25. The SMILES string of the molecule is COc1cccc2sc(Nc3nc4c(s3)C(=O)CC(C)(C)C4)nc12. The third kappa shape index (κ3) is 2.67. The lowest BCUT2D eigenvalue weighted by atomic mass is 9.78. The van der Waals surface area contributed by atoms with Gasteiger partial charge in [-0.25, -0.2) is 9.97 Å². The van der Waals surface area contributed by atoms with Crippen LogP contribution in [0.15, 0.2) is 18.2 Å². The number of hydrogen-bond donors (Lipinski definition) is 1. The molecule has 1 N–H and O–H groups in total. The Kier molecular flexibility index (Phi) is 3.58. The summed E-state index contributed by atoms with van der Waals surface area (Å²) in [5, 5.41) is 4.74. The van der Waals surface area contributed by atoms with E-state index in [0.29, 0.717) is 6.42 Å². The number of hydrogen-bond acceptors (Lipinski definition) is 7. The van der Waals surface area contributed by atoms with Crippen LogP contribution in [0.1, 0.15) is 35.6 Å². The van der Waals surface area contributed by atoms with Crippen molar-refractivity contribution in [2.45, 2.75) is 26.7 Å². The molecule has 24 heavy (non-hydrogen) atoms. The molecule has 0 aliphatic heterocycles. The number of rotatable bonds is 3. The number of ketones is 1. The molecule has 5 nitrogen and oxygen atoms in total. The fourth-order valence-electron chi connectivity index (χ4n) is 3.01. The van der Waals surface area contributed by atoms with Gasteiger partial charge in [0.2, 0.25) is 0 Å². The largest absolute Gasteiger partial charge is 0.494 e. The second kappa shape index (κ2) is 5.53. The van der Waals surface area contributed by atoms with Gasteiger partial charge >= 0.3 is 0 Å². The normalized spacial score (nSPS) is 16.2. The van der Waals surface area contributed by atoms with Gasteiger partial charge in [0.25, 0.3) is 0 Å². The second-order valence-electron chi connectivity index (χ2n) is 6.69. The fraction of sp³-hybridized carbons (Fsp3) is 0.353. The summed E-state index contributed by atoms with van der Waals surface area (Å²) in [7, 11) is 1.64. The van der Waals surface area contributed by atoms with E-state index < -0.39 is 0 Å². The smallest absolute Gasteiger partial charge is 0.190 e. The second-order valence-corrected chi connectivity index (χ2v) is 8.72. The standard InChI is InChI=1S/C17H17N3O2S2/c1-17(2)7-9-14(10(21)8-17)24-15(18-9)20-16-19-13-11(22-3)5-4-6-12(13)23-16/h4-6H,7-8H2,1-3H3,(H,18,19,20). The minimum Gasteiger partial charge on any atom is -0.494 e. The first-order valence-corrected chi connectivity index (χ1v) is 9.32. The Morgan fingerprint density at radius 3 is 2.75 bits per heavy atom. The molecule has 0 saturated carbocycles. The summed E-state index contributed by atoms with van der Waals surface area (Å²) < 4.78 is 6.40. The molecule has 0 saturated heterocycles. The first-order valence-electron chi connectivity index (χ1n) is 7.69. The number of thiazole rings is 2. The first-order chi connectivity index (χ1) is 11.4. The van der Waals surface area contributed by atoms with Crippen LogP contribution in [-0.4, -0.2) is 22.9 Å². The molecule has 0 bridgehead atoms. The topological polar surface area (TPSA) is 64.1 Å². The summed E-state index contributed by atoms with van der Waals surface area (Å²) in [6.07, 6.45) is 1.42. The van der Waals surface area contributed by atoms with Crippen LogP contribution >= 0.6 is 22.7 Å². The van der Waals surface area contributed by atoms with Crippen LogP contribution in [0.2, 0.25) is 0 Å². The van der Waals surface area contributed by atoms with Crippen molar-refractivity contribution in [3.8, 4) is 5.75 Å². The van der Waals surface area contributed by atoms with E-state index in [0.717, 1.165) is 43.2 Å². The van der Waals surface area contributed by atoms with E-state index in [1.54, 1.807) is 18.4 Å². The summed E-state index contributed by atoms with van der Waals surface area (Å²) in [6.45, 7) is 4.22. The molecule has 7 heteroatoms. The van der Waals surface area contributed by atoms with E-state index in [1.165, 1.54) is 11.3 Å². The molecule has 4 rings (SSSR count). The van der Waals surface area contributed by atoms with Crippen LogP contribution < -0.4 is 10.1 Å². The van der Waals surface area contributed by atoms with Crippen molar-refractivity contribution in [3.63, 3.8) is 0 Å². The Hall–Kier alpha value is -1.99. The van der Waals surface area contributed by atoms with Crippen LogP contribution in [0.4, 0.5) is 10.3 Å². The van der Waals surface area contributed by atoms with Gasteiger partial charge in [0.05, 0.1) is 22.4 Å². The number of Topliss-reactive ketones (excluding diaryl/α,β-unsaturated/α-hetero) is 1. The molecule has 3 aromatic rings. The van der Waals surface area contributed by atoms with Crippen LogP contribution in [-0.2, 0) is 6.42 Å². The molecule has 1 aliphatic rings. The van der Waals surface area contributed by atoms with Gasteiger partial charge in [0.1, 0.15) is 11.3 Å². The molecule has 1 aromatic carbocycles. The maximum absolute atomic E-state index is 12.3. The van der Waals surface area contributed by atoms with Gasteiger partial charge in [0, 0.05) is 6.42 Å². The van der Waals surface area contributed by atoms with E-state index in [1.807, 2.05) is 18.2 Å². The highest BCUT2D eigenvalue weighted by molar-refractivity contribution is 7.23. The van der Waals surface area contributed by atoms with Gasteiger partial charge in [-0.1, -0.05) is 42.6 Å². The quantitative estimate of drug-likeness (QED) is 0.737. The van der Waals surface area contributed by atoms with Crippen LogP contribution in [0.5, 0.6) is 5.75 Å². The number of methoxy groups -OCH3 is 1. The van der Waals surface area contributed by atoms with Gasteiger partial charge in [-0.15, -0.1) is 0 Å². The van der Waals surface area contributed by atoms with Gasteiger partial charge in [-0.3, -0.25) is 4.79 Å². The van der Waals surface area contributed by atoms with Crippen molar-refractivity contribution < 1.29 is 9.53 Å². The van der Waals surface area contributed by atoms with Crippen molar-refractivity contribution >= 4 is 48.9 Å². The molecule has 0 amide bonds. The highest BCUT2D eigenvalue weighted by atomic mass is 32.1. The lowest BCUT2D eigenvalue weighted by molar-refractivity contribution is 0.0916. The molecule has 2 aromatic heterocycles. The Bertz CT molecular complexity index is 943. The molecule has 0 unspecified atom stereocenters. The van der Waals surface area contributed by atoms with Crippen LogP contribution in [0, 0.1) is 5.41 Å². The third-order valence-electron chi connectivity index (χ3n) is 4.05. The zero-order chi connectivity index (χ0) is 16.9. The monoisotopic (exact) mass is 359 g/mol. The van der Waals surface area contributed by atoms with E-state index >= 15 is 0 Å². The minimum absolute atomic E-state index is 0.0152. The molecule has 0 atom stereocenters. The molecule has 0 radical (unpaired) electrons. The number of aromatic nitrogens is 2. The van der Waals surface area contributed by atoms with Gasteiger partial charge in [-0.05, 0) is 24.0 Å². The average Bonchev–Trinajstić information content (AvgIpc) is 3.09. The maximum atomic E-state index is 12.3. The number of nitrogens with one attached hydrogen (secondary N) is 1. The van der Waals surface area contributed by atoms with Gasteiger partial charge in [-0.2, -0.15) is 0 Å². The van der Waals surface area contributed by atoms with E-state index in [4.69, 9.17) is 4.74 Å². The van der Waals surface area contributed by atoms with Crippen molar-refractivity contribution in [1.29, 1.82) is 0 Å². The molecule has 1 aliphatic carbocycles. The van der Waals surface area contributed by atoms with Crippen LogP contribution in [0.3, 0.4) is 0 Å². The molecule has 124 valence electrons. The number of nitrogens with zero attached hydrogens (tertiary/aromatic N) is 2. The Balaban J connectivity index is 1.66. The number of fused-ring (bicyclic) bond motifs is 2. The lowest BCUT2D eigenvalue weighted by Gasteiger charge is -2.26. The van der Waals surface area contributed by atoms with E-state index in [2.05, 4.69) is 29.1 Å². The van der Waals surface area contributed by atoms with Gasteiger partial charge in [0.15, 0.2) is 16.0 Å². The number of benzene rings is 1. The predicted octanol–water partition coefficient (Wildman–Crippen LogP) is 4.66. The van der Waals surface area contributed by atoms with Crippen molar-refractivity contribution in [2.75, 3.05) is 12.4 Å². The number of ether oxygens (including phenoxy) is 1. The maximum Gasteiger partial charge on any atom is 0.190 e. The molecule has 0 spiro atoms. The summed E-state index contributed by atoms with van der Waals surface area (Å²) >= 11 is 2.97. The molecular weight excluding hydrogens is 342 g/mol. The zero-order valence-electron chi connectivity index (χ0n) is 13.7. The number of para-hydroxylation sites is 1. The Morgan fingerprint density at radius 1 is 1.17 bits per heavy atom. The van der Waals surface area contributed by atoms with Crippen LogP contribution in [0.25, 0.3) is 10.2 Å². The summed E-state index contributed by atoms with van der Waals surface area (Å²) in [5.41, 5.74) is 1.73. The average molecular weight is 359 g/mol. The molecule has 0 fully saturated rings. The summed E-state index contributed by atoms with van der Waals surface area (Å²) in [4.78, 5) is 22.3. The van der Waals surface area contributed by atoms with Crippen molar-refractivity contribution in [1.82, 2.24) is 9.97 Å². The predicted molar refractivity (Wildman–Crippen MR) is 98.0 cm³/mol. The summed E-state index contributed by atoms with van der Waals surface area (Å²) in [6, 6.07) is 5.86.